The number of aromatic nitrogens is 1. The number of fused-ring (bicyclic) bond motifs is 1. The molecule has 0 saturated carbocycles. The number of hydrogen-bond acceptors (Lipinski definition) is 5. The van der Waals surface area contributed by atoms with Gasteiger partial charge in [-0.3, -0.25) is 0 Å². The molecule has 0 fully saturated rings. The lowest BCUT2D eigenvalue weighted by molar-refractivity contribution is 0.297. The van der Waals surface area contributed by atoms with Gasteiger partial charge >= 0.3 is 0 Å². The summed E-state index contributed by atoms with van der Waals surface area (Å²) >= 11 is 1.62. The van der Waals surface area contributed by atoms with E-state index in [0.717, 1.165) is 43.4 Å². The molecule has 1 aliphatic rings. The summed E-state index contributed by atoms with van der Waals surface area (Å²) in [5.74, 6) is 1.69. The molecule has 106 valence electrons. The average Bonchev–Trinajstić information content (AvgIpc) is 2.88. The predicted molar refractivity (Wildman–Crippen MR) is 79.4 cm³/mol. The van der Waals surface area contributed by atoms with Crippen molar-refractivity contribution in [1.82, 2.24) is 10.3 Å². The van der Waals surface area contributed by atoms with Gasteiger partial charge in [0.2, 0.25) is 0 Å². The Labute approximate surface area is 122 Å². The Morgan fingerprint density at radius 3 is 2.95 bits per heavy atom. The molecule has 1 N–H and O–H groups in total. The summed E-state index contributed by atoms with van der Waals surface area (Å²) in [5, 5.41) is 5.53. The molecule has 1 aromatic heterocycles. The topological polar surface area (TPSA) is 43.4 Å². The van der Waals surface area contributed by atoms with Crippen LogP contribution >= 0.6 is 11.3 Å². The van der Waals surface area contributed by atoms with Crippen LogP contribution in [0.25, 0.3) is 0 Å². The van der Waals surface area contributed by atoms with E-state index >= 15 is 0 Å². The molecule has 1 aliphatic heterocycles. The average molecular weight is 290 g/mol. The molecule has 5 heteroatoms. The number of ether oxygens (including phenoxy) is 2. The van der Waals surface area contributed by atoms with Crippen LogP contribution < -0.4 is 14.8 Å². The second-order valence-electron chi connectivity index (χ2n) is 4.84. The Morgan fingerprint density at radius 1 is 1.30 bits per heavy atom. The van der Waals surface area contributed by atoms with Crippen molar-refractivity contribution in [1.29, 1.82) is 0 Å². The fourth-order valence-corrected chi connectivity index (χ4v) is 2.71. The number of hydrogen-bond donors (Lipinski definition) is 1. The second-order valence-corrected chi connectivity index (χ2v) is 5.56. The van der Waals surface area contributed by atoms with Crippen LogP contribution in [0.2, 0.25) is 0 Å². The molecule has 1 aromatic carbocycles. The largest absolute Gasteiger partial charge is 0.490 e. The second kappa shape index (κ2) is 6.24. The molecular formula is C15H18N2O2S. The van der Waals surface area contributed by atoms with E-state index in [1.54, 1.807) is 11.3 Å². The van der Waals surface area contributed by atoms with Crippen LogP contribution in [0.4, 0.5) is 0 Å². The normalized spacial score (nSPS) is 15.7. The summed E-state index contributed by atoms with van der Waals surface area (Å²) in [7, 11) is 0. The third kappa shape index (κ3) is 3.11. The molecule has 2 heterocycles. The molecule has 0 spiro atoms. The van der Waals surface area contributed by atoms with E-state index in [0.29, 0.717) is 0 Å². The first-order valence-corrected chi connectivity index (χ1v) is 7.77. The summed E-state index contributed by atoms with van der Waals surface area (Å²) in [6.07, 6.45) is 0.932. The van der Waals surface area contributed by atoms with Gasteiger partial charge in [-0.05, 0) is 24.6 Å². The van der Waals surface area contributed by atoms with Crippen LogP contribution in [0.15, 0.2) is 29.1 Å². The standard InChI is InChI=1S/C15H18N2O2S/c1-11(16-8-13-9-20-10-17-13)12-3-4-14-15(7-12)19-6-2-5-18-14/h3-4,7,9-11,16H,2,5-6,8H2,1H3. The van der Waals surface area contributed by atoms with Gasteiger partial charge in [0.25, 0.3) is 0 Å². The fraction of sp³-hybridized carbons (Fsp3) is 0.400. The summed E-state index contributed by atoms with van der Waals surface area (Å²) < 4.78 is 11.4. The van der Waals surface area contributed by atoms with Crippen molar-refractivity contribution in [2.45, 2.75) is 25.9 Å². The lowest BCUT2D eigenvalue weighted by Crippen LogP contribution is -2.18. The highest BCUT2D eigenvalue weighted by molar-refractivity contribution is 7.07. The van der Waals surface area contributed by atoms with E-state index in [1.165, 1.54) is 5.56 Å². The molecule has 1 atom stereocenters. The third-order valence-corrected chi connectivity index (χ3v) is 3.98. The van der Waals surface area contributed by atoms with Crippen LogP contribution in [0.3, 0.4) is 0 Å². The molecule has 4 nitrogen and oxygen atoms in total. The minimum absolute atomic E-state index is 0.244. The molecule has 3 rings (SSSR count). The first-order valence-electron chi connectivity index (χ1n) is 6.83. The predicted octanol–water partition coefficient (Wildman–Crippen LogP) is 3.16. The van der Waals surface area contributed by atoms with Gasteiger partial charge in [-0.25, -0.2) is 4.98 Å². The number of thiazole rings is 1. The van der Waals surface area contributed by atoms with Gasteiger partial charge in [0.05, 0.1) is 24.4 Å². The zero-order chi connectivity index (χ0) is 13.8. The maximum Gasteiger partial charge on any atom is 0.161 e. The quantitative estimate of drug-likeness (QED) is 0.939. The van der Waals surface area contributed by atoms with E-state index in [4.69, 9.17) is 9.47 Å². The summed E-state index contributed by atoms with van der Waals surface area (Å²) in [4.78, 5) is 4.28. The lowest BCUT2D eigenvalue weighted by Gasteiger charge is -2.16. The Balaban J connectivity index is 1.68. The molecule has 0 amide bonds. The maximum atomic E-state index is 5.73. The highest BCUT2D eigenvalue weighted by Gasteiger charge is 2.13. The molecule has 20 heavy (non-hydrogen) atoms. The van der Waals surface area contributed by atoms with E-state index < -0.39 is 0 Å². The Hall–Kier alpha value is -1.59. The zero-order valence-corrected chi connectivity index (χ0v) is 12.3. The highest BCUT2D eigenvalue weighted by Crippen LogP contribution is 2.32. The number of nitrogens with zero attached hydrogens (tertiary/aromatic N) is 1. The van der Waals surface area contributed by atoms with Gasteiger partial charge in [-0.2, -0.15) is 0 Å². The lowest BCUT2D eigenvalue weighted by atomic mass is 10.1. The molecule has 0 aliphatic carbocycles. The van der Waals surface area contributed by atoms with Crippen LogP contribution in [0.1, 0.15) is 30.6 Å². The Bertz CT molecular complexity index is 557. The minimum atomic E-state index is 0.244. The van der Waals surface area contributed by atoms with E-state index in [2.05, 4.69) is 34.7 Å². The van der Waals surface area contributed by atoms with Crippen molar-refractivity contribution < 1.29 is 9.47 Å². The van der Waals surface area contributed by atoms with Crippen LogP contribution in [-0.4, -0.2) is 18.2 Å². The molecule has 0 saturated heterocycles. The molecule has 0 bridgehead atoms. The van der Waals surface area contributed by atoms with Crippen molar-refractivity contribution in [3.8, 4) is 11.5 Å². The van der Waals surface area contributed by atoms with Gasteiger partial charge < -0.3 is 14.8 Å². The van der Waals surface area contributed by atoms with Crippen LogP contribution in [0.5, 0.6) is 11.5 Å². The smallest absolute Gasteiger partial charge is 0.161 e. The first kappa shape index (κ1) is 13.4. The van der Waals surface area contributed by atoms with Crippen molar-refractivity contribution in [2.75, 3.05) is 13.2 Å². The van der Waals surface area contributed by atoms with Crippen molar-refractivity contribution >= 4 is 11.3 Å². The monoisotopic (exact) mass is 290 g/mol. The van der Waals surface area contributed by atoms with E-state index in [9.17, 15) is 0 Å². The van der Waals surface area contributed by atoms with Crippen molar-refractivity contribution in [3.63, 3.8) is 0 Å². The van der Waals surface area contributed by atoms with Gasteiger partial charge in [0.15, 0.2) is 11.5 Å². The van der Waals surface area contributed by atoms with E-state index in [1.807, 2.05) is 11.6 Å². The summed E-state index contributed by atoms with van der Waals surface area (Å²) in [5.41, 5.74) is 4.13. The van der Waals surface area contributed by atoms with Crippen LogP contribution in [0, 0.1) is 0 Å². The van der Waals surface area contributed by atoms with E-state index in [-0.39, 0.29) is 6.04 Å². The van der Waals surface area contributed by atoms with Gasteiger partial charge in [0.1, 0.15) is 0 Å². The van der Waals surface area contributed by atoms with Gasteiger partial charge in [-0.1, -0.05) is 6.07 Å². The highest BCUT2D eigenvalue weighted by atomic mass is 32.1. The minimum Gasteiger partial charge on any atom is -0.490 e. The summed E-state index contributed by atoms with van der Waals surface area (Å²) in [6, 6.07) is 6.40. The van der Waals surface area contributed by atoms with Crippen molar-refractivity contribution in [2.24, 2.45) is 0 Å². The Kier molecular flexibility index (Phi) is 4.18. The van der Waals surface area contributed by atoms with Crippen molar-refractivity contribution in [3.05, 3.63) is 40.3 Å². The van der Waals surface area contributed by atoms with Crippen LogP contribution in [-0.2, 0) is 6.54 Å². The first-order chi connectivity index (χ1) is 9.83. The number of rotatable bonds is 4. The SMILES string of the molecule is CC(NCc1cscn1)c1ccc2c(c1)OCCCO2. The fourth-order valence-electron chi connectivity index (χ4n) is 2.15. The van der Waals surface area contributed by atoms with Gasteiger partial charge in [-0.15, -0.1) is 11.3 Å². The number of benzene rings is 1. The van der Waals surface area contributed by atoms with Gasteiger partial charge in [0, 0.05) is 24.4 Å². The Morgan fingerprint density at radius 2 is 2.15 bits per heavy atom. The maximum absolute atomic E-state index is 5.73. The molecule has 0 radical (unpaired) electrons. The molecular weight excluding hydrogens is 272 g/mol. The molecule has 1 unspecified atom stereocenters. The zero-order valence-electron chi connectivity index (χ0n) is 11.5. The number of nitrogens with one attached hydrogen (secondary N) is 1. The summed E-state index contributed by atoms with van der Waals surface area (Å²) in [6.45, 7) is 4.37. The molecule has 2 aromatic rings. The third-order valence-electron chi connectivity index (χ3n) is 3.34.